The fourth-order valence-corrected chi connectivity index (χ4v) is 2.48. The predicted octanol–water partition coefficient (Wildman–Crippen LogP) is 3.64. The molecule has 0 bridgehead atoms. The molecule has 0 saturated carbocycles. The minimum atomic E-state index is -0.913. The molecule has 0 radical (unpaired) electrons. The number of carbonyl (C=O) groups is 1. The van der Waals surface area contributed by atoms with Crippen molar-refractivity contribution in [2.45, 2.75) is 20.3 Å². The van der Waals surface area contributed by atoms with Gasteiger partial charge in [0.1, 0.15) is 0 Å². The number of hydrogen-bond donors (Lipinski definition) is 2. The van der Waals surface area contributed by atoms with Crippen LogP contribution in [0, 0.1) is 11.8 Å². The lowest BCUT2D eigenvalue weighted by atomic mass is 9.91. The Hall–Kier alpha value is -2.57. The molecule has 0 unspecified atom stereocenters. The van der Waals surface area contributed by atoms with E-state index in [1.165, 1.54) is 0 Å². The predicted molar refractivity (Wildman–Crippen MR) is 94.3 cm³/mol. The summed E-state index contributed by atoms with van der Waals surface area (Å²) in [5.74, 6) is 5.33. The van der Waals surface area contributed by atoms with Crippen molar-refractivity contribution >= 4 is 11.5 Å². The summed E-state index contributed by atoms with van der Waals surface area (Å²) in [5.41, 5.74) is 3.84. The van der Waals surface area contributed by atoms with E-state index in [0.29, 0.717) is 5.56 Å². The summed E-state index contributed by atoms with van der Waals surface area (Å²) in [5, 5.41) is 12.8. The number of nitrogens with one attached hydrogen (secondary N) is 1. The first kappa shape index (κ1) is 16.8. The zero-order chi connectivity index (χ0) is 16.7. The van der Waals surface area contributed by atoms with Crippen LogP contribution in [0.15, 0.2) is 48.1 Å². The van der Waals surface area contributed by atoms with Crippen LogP contribution in [-0.4, -0.2) is 24.2 Å². The molecule has 0 spiro atoms. The van der Waals surface area contributed by atoms with Gasteiger partial charge in [0.05, 0.1) is 5.56 Å². The molecule has 23 heavy (non-hydrogen) atoms. The Balaban J connectivity index is 2.51. The smallest absolute Gasteiger partial charge is 0.336 e. The standard InChI is InChI=1S/C20H21NO2/c1-3-4-6-15(2)9-10-16-7-5-8-18(20(22)23)19(16)17-11-13-21-14-12-17/h3-8,11,21H,12-14H2,1-2H3,(H,22,23)/b4-3-,15-6+. The zero-order valence-corrected chi connectivity index (χ0v) is 13.5. The molecular formula is C20H21NO2. The zero-order valence-electron chi connectivity index (χ0n) is 13.5. The van der Waals surface area contributed by atoms with Gasteiger partial charge in [-0.05, 0) is 50.1 Å². The van der Waals surface area contributed by atoms with E-state index in [1.54, 1.807) is 12.1 Å². The lowest BCUT2D eigenvalue weighted by Crippen LogP contribution is -2.21. The molecule has 2 rings (SSSR count). The van der Waals surface area contributed by atoms with Gasteiger partial charge in [-0.1, -0.05) is 42.2 Å². The van der Waals surface area contributed by atoms with Gasteiger partial charge >= 0.3 is 5.97 Å². The number of carboxylic acids is 1. The van der Waals surface area contributed by atoms with Crippen LogP contribution in [0.25, 0.3) is 5.57 Å². The van der Waals surface area contributed by atoms with Crippen molar-refractivity contribution in [2.24, 2.45) is 0 Å². The van der Waals surface area contributed by atoms with E-state index < -0.39 is 5.97 Å². The van der Waals surface area contributed by atoms with E-state index in [9.17, 15) is 9.90 Å². The van der Waals surface area contributed by atoms with E-state index in [0.717, 1.165) is 41.8 Å². The van der Waals surface area contributed by atoms with E-state index >= 15 is 0 Å². The summed E-state index contributed by atoms with van der Waals surface area (Å²) in [6, 6.07) is 5.29. The maximum absolute atomic E-state index is 11.6. The first-order valence-corrected chi connectivity index (χ1v) is 7.71. The Bertz CT molecular complexity index is 743. The third-order valence-corrected chi connectivity index (χ3v) is 3.61. The molecule has 1 heterocycles. The number of allylic oxidation sites excluding steroid dienone is 4. The Labute approximate surface area is 137 Å². The molecule has 2 N–H and O–H groups in total. The van der Waals surface area contributed by atoms with Crippen molar-refractivity contribution in [3.63, 3.8) is 0 Å². The first-order valence-electron chi connectivity index (χ1n) is 7.71. The number of rotatable bonds is 3. The second-order valence-corrected chi connectivity index (χ2v) is 5.34. The molecule has 1 aliphatic heterocycles. The molecule has 0 saturated heterocycles. The number of aromatic carboxylic acids is 1. The van der Waals surface area contributed by atoms with Crippen molar-refractivity contribution in [3.8, 4) is 11.8 Å². The van der Waals surface area contributed by atoms with Crippen molar-refractivity contribution in [2.75, 3.05) is 13.1 Å². The highest BCUT2D eigenvalue weighted by molar-refractivity contribution is 5.95. The summed E-state index contributed by atoms with van der Waals surface area (Å²) < 4.78 is 0. The summed E-state index contributed by atoms with van der Waals surface area (Å²) in [7, 11) is 0. The molecule has 3 nitrogen and oxygen atoms in total. The van der Waals surface area contributed by atoms with Gasteiger partial charge in [-0.2, -0.15) is 0 Å². The SMILES string of the molecule is C/C=C\C=C(/C)C#Cc1cccc(C(=O)O)c1C1=CCNCC1. The summed E-state index contributed by atoms with van der Waals surface area (Å²) in [6.07, 6.45) is 8.69. The van der Waals surface area contributed by atoms with E-state index in [-0.39, 0.29) is 0 Å². The highest BCUT2D eigenvalue weighted by Gasteiger charge is 2.17. The Morgan fingerprint density at radius 3 is 2.87 bits per heavy atom. The van der Waals surface area contributed by atoms with Crippen molar-refractivity contribution in [1.82, 2.24) is 5.32 Å². The maximum Gasteiger partial charge on any atom is 0.336 e. The van der Waals surface area contributed by atoms with Gasteiger partial charge in [0.15, 0.2) is 0 Å². The van der Waals surface area contributed by atoms with E-state index in [4.69, 9.17) is 0 Å². The van der Waals surface area contributed by atoms with Crippen LogP contribution < -0.4 is 5.32 Å². The first-order chi connectivity index (χ1) is 11.1. The molecular weight excluding hydrogens is 286 g/mol. The molecule has 1 aliphatic rings. The quantitative estimate of drug-likeness (QED) is 0.662. The van der Waals surface area contributed by atoms with E-state index in [2.05, 4.69) is 23.2 Å². The minimum Gasteiger partial charge on any atom is -0.478 e. The van der Waals surface area contributed by atoms with Crippen LogP contribution in [0.5, 0.6) is 0 Å². The largest absolute Gasteiger partial charge is 0.478 e. The van der Waals surface area contributed by atoms with Crippen molar-refractivity contribution < 1.29 is 9.90 Å². The van der Waals surface area contributed by atoms with Gasteiger partial charge in [-0.25, -0.2) is 4.79 Å². The molecule has 0 atom stereocenters. The van der Waals surface area contributed by atoms with E-state index in [1.807, 2.05) is 38.1 Å². The van der Waals surface area contributed by atoms with Crippen LogP contribution in [0.3, 0.4) is 0 Å². The molecule has 0 fully saturated rings. The van der Waals surface area contributed by atoms with Crippen molar-refractivity contribution in [3.05, 3.63) is 64.8 Å². The maximum atomic E-state index is 11.6. The number of hydrogen-bond acceptors (Lipinski definition) is 2. The van der Waals surface area contributed by atoms with Gasteiger partial charge in [0.2, 0.25) is 0 Å². The molecule has 0 aliphatic carbocycles. The second kappa shape index (κ2) is 8.17. The number of carboxylic acid groups (broad SMARTS) is 1. The molecule has 3 heteroatoms. The van der Waals surface area contributed by atoms with Crippen molar-refractivity contribution in [1.29, 1.82) is 0 Å². The average Bonchev–Trinajstić information content (AvgIpc) is 2.58. The normalized spacial score (nSPS) is 15.0. The van der Waals surface area contributed by atoms with Gasteiger partial charge in [0, 0.05) is 17.7 Å². The molecule has 1 aromatic carbocycles. The average molecular weight is 307 g/mol. The summed E-state index contributed by atoms with van der Waals surface area (Å²) in [4.78, 5) is 11.6. The Morgan fingerprint density at radius 1 is 1.39 bits per heavy atom. The van der Waals surface area contributed by atoms with Crippen LogP contribution in [0.1, 0.15) is 41.8 Å². The third kappa shape index (κ3) is 4.45. The Kier molecular flexibility index (Phi) is 5.96. The lowest BCUT2D eigenvalue weighted by Gasteiger charge is -2.17. The molecule has 0 amide bonds. The van der Waals surface area contributed by atoms with Gasteiger partial charge < -0.3 is 10.4 Å². The van der Waals surface area contributed by atoms with Gasteiger partial charge in [-0.15, -0.1) is 0 Å². The highest BCUT2D eigenvalue weighted by atomic mass is 16.4. The third-order valence-electron chi connectivity index (χ3n) is 3.61. The fraction of sp³-hybridized carbons (Fsp3) is 0.250. The van der Waals surface area contributed by atoms with Crippen LogP contribution in [0.2, 0.25) is 0 Å². The second-order valence-electron chi connectivity index (χ2n) is 5.34. The topological polar surface area (TPSA) is 49.3 Å². The summed E-state index contributed by atoms with van der Waals surface area (Å²) >= 11 is 0. The fourth-order valence-electron chi connectivity index (χ4n) is 2.48. The summed E-state index contributed by atoms with van der Waals surface area (Å²) in [6.45, 7) is 5.51. The Morgan fingerprint density at radius 2 is 2.22 bits per heavy atom. The van der Waals surface area contributed by atoms with Gasteiger partial charge in [-0.3, -0.25) is 0 Å². The minimum absolute atomic E-state index is 0.319. The lowest BCUT2D eigenvalue weighted by molar-refractivity contribution is 0.0696. The van der Waals surface area contributed by atoms with Crippen LogP contribution in [-0.2, 0) is 0 Å². The number of benzene rings is 1. The molecule has 0 aromatic heterocycles. The van der Waals surface area contributed by atoms with Gasteiger partial charge in [0.25, 0.3) is 0 Å². The molecule has 118 valence electrons. The van der Waals surface area contributed by atoms with Crippen LogP contribution >= 0.6 is 0 Å². The van der Waals surface area contributed by atoms with Crippen LogP contribution in [0.4, 0.5) is 0 Å². The monoisotopic (exact) mass is 307 g/mol. The highest BCUT2D eigenvalue weighted by Crippen LogP contribution is 2.27. The molecule has 1 aromatic rings.